The third kappa shape index (κ3) is 3.28. The number of phosphoric ester groups is 1. The maximum absolute atomic E-state index is 12.7. The first-order chi connectivity index (χ1) is 11.3. The van der Waals surface area contributed by atoms with Crippen molar-refractivity contribution in [3.8, 4) is 0 Å². The monoisotopic (exact) mass is 362 g/mol. The molecule has 134 valence electrons. The van der Waals surface area contributed by atoms with Crippen LogP contribution in [0.1, 0.15) is 11.1 Å². The molecule has 9 nitrogen and oxygen atoms in total. The lowest BCUT2D eigenvalue weighted by atomic mass is 9.85. The van der Waals surface area contributed by atoms with Crippen LogP contribution in [0.15, 0.2) is 24.3 Å². The third-order valence-electron chi connectivity index (χ3n) is 4.20. The van der Waals surface area contributed by atoms with Crippen molar-refractivity contribution in [2.45, 2.75) is 49.8 Å². The summed E-state index contributed by atoms with van der Waals surface area (Å²) in [6.45, 7) is -0.139. The van der Waals surface area contributed by atoms with Gasteiger partial charge in [0.1, 0.15) is 36.6 Å². The van der Waals surface area contributed by atoms with E-state index in [0.29, 0.717) is 0 Å². The molecule has 1 fully saturated rings. The smallest absolute Gasteiger partial charge is 0.387 e. The van der Waals surface area contributed by atoms with Gasteiger partial charge >= 0.3 is 7.82 Å². The van der Waals surface area contributed by atoms with Gasteiger partial charge in [-0.3, -0.25) is 13.6 Å². The molecule has 0 radical (unpaired) electrons. The lowest BCUT2D eigenvalue weighted by Gasteiger charge is -2.41. The normalized spacial score (nSPS) is 39.0. The van der Waals surface area contributed by atoms with Crippen LogP contribution >= 0.6 is 7.82 Å². The van der Waals surface area contributed by atoms with Crippen LogP contribution in [0, 0.1) is 0 Å². The molecule has 1 aromatic carbocycles. The Kier molecular flexibility index (Phi) is 5.08. The summed E-state index contributed by atoms with van der Waals surface area (Å²) in [6, 6.07) is 7.09. The summed E-state index contributed by atoms with van der Waals surface area (Å²) in [6.07, 6.45) is -10.6. The van der Waals surface area contributed by atoms with Gasteiger partial charge < -0.3 is 25.5 Å². The summed E-state index contributed by atoms with van der Waals surface area (Å²) < 4.78 is 28.1. The fourth-order valence-electron chi connectivity index (χ4n) is 2.70. The minimum atomic E-state index is -4.18. The van der Waals surface area contributed by atoms with E-state index in [9.17, 15) is 30.1 Å². The van der Waals surface area contributed by atoms with Gasteiger partial charge in [0.2, 0.25) is 0 Å². The number of aliphatic hydroxyl groups excluding tert-OH is 5. The van der Waals surface area contributed by atoms with E-state index in [2.05, 4.69) is 0 Å². The van der Waals surface area contributed by atoms with Crippen molar-refractivity contribution in [2.75, 3.05) is 0 Å². The van der Waals surface area contributed by atoms with Crippen LogP contribution in [0.5, 0.6) is 0 Å². The Hall–Kier alpha value is -0.870. The largest absolute Gasteiger partial charge is 0.475 e. The first kappa shape index (κ1) is 17.9. The number of hydrogen-bond donors (Lipinski definition) is 5. The molecule has 0 spiro atoms. The quantitative estimate of drug-likeness (QED) is 0.420. The minimum Gasteiger partial charge on any atom is -0.387 e. The summed E-state index contributed by atoms with van der Waals surface area (Å²) >= 11 is 0. The van der Waals surface area contributed by atoms with E-state index in [-0.39, 0.29) is 13.2 Å². The highest BCUT2D eigenvalue weighted by atomic mass is 31.2. The summed E-state index contributed by atoms with van der Waals surface area (Å²) in [5, 5.41) is 48.8. The Morgan fingerprint density at radius 3 is 1.71 bits per heavy atom. The summed E-state index contributed by atoms with van der Waals surface area (Å²) in [7, 11) is -4.18. The van der Waals surface area contributed by atoms with E-state index in [1.54, 1.807) is 24.3 Å². The molecule has 2 unspecified atom stereocenters. The molecular formula is C14H19O9P. The van der Waals surface area contributed by atoms with Gasteiger partial charge in [0.15, 0.2) is 0 Å². The maximum Gasteiger partial charge on any atom is 0.475 e. The number of aliphatic hydroxyl groups is 5. The average molecular weight is 362 g/mol. The molecule has 6 atom stereocenters. The summed E-state index contributed by atoms with van der Waals surface area (Å²) in [5.41, 5.74) is 1.50. The first-order valence-corrected chi connectivity index (χ1v) is 8.83. The van der Waals surface area contributed by atoms with Crippen molar-refractivity contribution in [3.05, 3.63) is 35.4 Å². The zero-order chi connectivity index (χ0) is 17.5. The highest BCUT2D eigenvalue weighted by Crippen LogP contribution is 2.54. The zero-order valence-electron chi connectivity index (χ0n) is 12.5. The highest BCUT2D eigenvalue weighted by molar-refractivity contribution is 7.48. The van der Waals surface area contributed by atoms with Gasteiger partial charge in [-0.05, 0) is 11.1 Å². The van der Waals surface area contributed by atoms with Crippen molar-refractivity contribution in [2.24, 2.45) is 0 Å². The van der Waals surface area contributed by atoms with Crippen molar-refractivity contribution in [1.82, 2.24) is 0 Å². The van der Waals surface area contributed by atoms with Crippen LogP contribution in [-0.4, -0.2) is 62.2 Å². The minimum absolute atomic E-state index is 0.0694. The lowest BCUT2D eigenvalue weighted by molar-refractivity contribution is -0.220. The number of hydrogen-bond acceptors (Lipinski definition) is 9. The van der Waals surface area contributed by atoms with E-state index in [1.165, 1.54) is 0 Å². The van der Waals surface area contributed by atoms with Gasteiger partial charge in [0.25, 0.3) is 0 Å². The molecule has 10 heteroatoms. The van der Waals surface area contributed by atoms with Crippen LogP contribution in [0.2, 0.25) is 0 Å². The maximum atomic E-state index is 12.7. The Balaban J connectivity index is 1.76. The van der Waals surface area contributed by atoms with Gasteiger partial charge in [-0.25, -0.2) is 4.57 Å². The number of rotatable bonds is 2. The second kappa shape index (κ2) is 6.80. The first-order valence-electron chi connectivity index (χ1n) is 7.37. The Bertz CT molecular complexity index is 591. The molecule has 5 N–H and O–H groups in total. The van der Waals surface area contributed by atoms with E-state index in [1.807, 2.05) is 0 Å². The molecule has 1 saturated carbocycles. The number of fused-ring (bicyclic) bond motifs is 1. The van der Waals surface area contributed by atoms with E-state index in [4.69, 9.17) is 13.6 Å². The van der Waals surface area contributed by atoms with Crippen LogP contribution in [0.4, 0.5) is 0 Å². The van der Waals surface area contributed by atoms with Crippen molar-refractivity contribution in [3.63, 3.8) is 0 Å². The van der Waals surface area contributed by atoms with Crippen LogP contribution < -0.4 is 0 Å². The van der Waals surface area contributed by atoms with E-state index < -0.39 is 44.4 Å². The topological polar surface area (TPSA) is 146 Å². The van der Waals surface area contributed by atoms with Crippen LogP contribution in [0.25, 0.3) is 0 Å². The molecule has 24 heavy (non-hydrogen) atoms. The lowest BCUT2D eigenvalue weighted by Crippen LogP contribution is -2.64. The third-order valence-corrected chi connectivity index (χ3v) is 5.59. The molecule has 0 aromatic heterocycles. The molecule has 1 heterocycles. The molecule has 1 aliphatic heterocycles. The van der Waals surface area contributed by atoms with Gasteiger partial charge in [-0.1, -0.05) is 24.3 Å². The molecule has 0 bridgehead atoms. The SMILES string of the molecule is O=P1(OC2[C@@H](O)[C@@H](O)C(O)[C@H](O)[C@H]2O)OCc2ccccc2CO1. The number of benzene rings is 1. The average Bonchev–Trinajstić information content (AvgIpc) is 2.75. The second-order valence-electron chi connectivity index (χ2n) is 5.79. The molecular weight excluding hydrogens is 343 g/mol. The standard InChI is InChI=1S/C14H19O9P/c15-9-10(16)12(18)14(13(19)11(9)17)23-24(20)21-5-7-3-1-2-4-8(7)6-22-24/h1-4,9-19H,5-6H2/t9?,10-,11-,12-,13+,14?/m0/s1. The van der Waals surface area contributed by atoms with Crippen molar-refractivity contribution >= 4 is 7.82 Å². The molecule has 1 aliphatic carbocycles. The zero-order valence-corrected chi connectivity index (χ0v) is 13.4. The van der Waals surface area contributed by atoms with Crippen molar-refractivity contribution in [1.29, 1.82) is 0 Å². The predicted molar refractivity (Wildman–Crippen MR) is 78.5 cm³/mol. The van der Waals surface area contributed by atoms with E-state index >= 15 is 0 Å². The van der Waals surface area contributed by atoms with Gasteiger partial charge in [0.05, 0.1) is 13.2 Å². The fraction of sp³-hybridized carbons (Fsp3) is 0.571. The van der Waals surface area contributed by atoms with Gasteiger partial charge in [-0.15, -0.1) is 0 Å². The predicted octanol–water partition coefficient (Wildman–Crippen LogP) is -0.955. The summed E-state index contributed by atoms with van der Waals surface area (Å²) in [4.78, 5) is 0. The molecule has 2 aliphatic rings. The van der Waals surface area contributed by atoms with Gasteiger partial charge in [-0.2, -0.15) is 0 Å². The Morgan fingerprint density at radius 2 is 1.25 bits per heavy atom. The molecule has 3 rings (SSSR count). The molecule has 0 amide bonds. The number of phosphoric acid groups is 1. The molecule has 1 aromatic rings. The summed E-state index contributed by atoms with van der Waals surface area (Å²) in [5.74, 6) is 0. The van der Waals surface area contributed by atoms with E-state index in [0.717, 1.165) is 11.1 Å². The highest BCUT2D eigenvalue weighted by Gasteiger charge is 2.52. The van der Waals surface area contributed by atoms with Crippen LogP contribution in [-0.2, 0) is 31.4 Å². The van der Waals surface area contributed by atoms with Crippen molar-refractivity contribution < 1.29 is 43.7 Å². The second-order valence-corrected chi connectivity index (χ2v) is 7.41. The van der Waals surface area contributed by atoms with Gasteiger partial charge in [0, 0.05) is 0 Å². The Labute approximate surface area is 137 Å². The Morgan fingerprint density at radius 1 is 0.833 bits per heavy atom. The van der Waals surface area contributed by atoms with Crippen LogP contribution in [0.3, 0.4) is 0 Å². The fourth-order valence-corrected chi connectivity index (χ4v) is 4.04. The molecule has 0 saturated heterocycles.